The number of nitrogens with zero attached hydrogens (tertiary/aromatic N) is 4. The number of carbonyl (C=O) groups is 3. The number of imide groups is 1. The second-order valence-electron chi connectivity index (χ2n) is 12.1. The molecule has 7 rings (SSSR count). The van der Waals surface area contributed by atoms with Crippen LogP contribution in [0.1, 0.15) is 51.5 Å². The third-order valence-electron chi connectivity index (χ3n) is 9.53. The summed E-state index contributed by atoms with van der Waals surface area (Å²) >= 11 is 0. The second-order valence-corrected chi connectivity index (χ2v) is 12.1. The van der Waals surface area contributed by atoms with Gasteiger partial charge in [0.15, 0.2) is 0 Å². The number of aliphatic hydroxyl groups excluding tert-OH is 1. The van der Waals surface area contributed by atoms with Crippen LogP contribution in [0.2, 0.25) is 0 Å². The van der Waals surface area contributed by atoms with Gasteiger partial charge in [-0.3, -0.25) is 29.5 Å². The van der Waals surface area contributed by atoms with Gasteiger partial charge in [-0.2, -0.15) is 5.26 Å². The zero-order valence-electron chi connectivity index (χ0n) is 25.4. The minimum Gasteiger partial charge on any atom is -0.394 e. The molecule has 2 fully saturated rings. The van der Waals surface area contributed by atoms with E-state index < -0.39 is 29.6 Å². The molecule has 2 saturated heterocycles. The average molecular weight is 636 g/mol. The number of amides is 3. The van der Waals surface area contributed by atoms with Crippen molar-refractivity contribution >= 4 is 39.9 Å². The normalized spacial score (nSPS) is 18.9. The summed E-state index contributed by atoms with van der Waals surface area (Å²) in [5, 5.41) is 23.2. The summed E-state index contributed by atoms with van der Waals surface area (Å²) < 4.78 is 30.3. The molecule has 9 nitrogen and oxygen atoms in total. The molecule has 47 heavy (non-hydrogen) atoms. The predicted octanol–water partition coefficient (Wildman–Crippen LogP) is 4.20. The first-order valence-corrected chi connectivity index (χ1v) is 15.6. The summed E-state index contributed by atoms with van der Waals surface area (Å²) in [7, 11) is 0. The van der Waals surface area contributed by atoms with Crippen molar-refractivity contribution in [1.82, 2.24) is 10.2 Å². The van der Waals surface area contributed by atoms with E-state index in [1.165, 1.54) is 17.0 Å². The van der Waals surface area contributed by atoms with Crippen LogP contribution in [0.25, 0.3) is 10.8 Å². The fourth-order valence-corrected chi connectivity index (χ4v) is 7.12. The van der Waals surface area contributed by atoms with E-state index in [2.05, 4.69) is 10.2 Å². The number of hydrogen-bond donors (Lipinski definition) is 2. The Bertz CT molecular complexity index is 1980. The minimum absolute atomic E-state index is 0.152. The number of halogens is 2. The van der Waals surface area contributed by atoms with E-state index in [9.17, 15) is 23.9 Å². The molecule has 0 unspecified atom stereocenters. The lowest BCUT2D eigenvalue weighted by molar-refractivity contribution is -0.134. The summed E-state index contributed by atoms with van der Waals surface area (Å²) in [6, 6.07) is 19.1. The highest BCUT2D eigenvalue weighted by Gasteiger charge is 2.41. The number of piperidine rings is 1. The van der Waals surface area contributed by atoms with Gasteiger partial charge < -0.3 is 10.0 Å². The predicted molar refractivity (Wildman–Crippen MR) is 171 cm³/mol. The van der Waals surface area contributed by atoms with Crippen LogP contribution < -0.4 is 15.1 Å². The lowest BCUT2D eigenvalue weighted by atomic mass is 9.94. The lowest BCUT2D eigenvalue weighted by Crippen LogP contribution is -2.53. The molecule has 0 aromatic heterocycles. The fraction of sp³-hybridized carbons (Fsp3) is 0.278. The number of nitrogens with one attached hydrogen (secondary N) is 1. The van der Waals surface area contributed by atoms with Gasteiger partial charge in [0.25, 0.3) is 5.91 Å². The molecule has 0 saturated carbocycles. The summed E-state index contributed by atoms with van der Waals surface area (Å²) in [5.74, 6) is -2.01. The molecule has 3 aliphatic rings. The third kappa shape index (κ3) is 5.39. The van der Waals surface area contributed by atoms with Crippen molar-refractivity contribution in [2.24, 2.45) is 0 Å². The summed E-state index contributed by atoms with van der Waals surface area (Å²) in [5.41, 5.74) is 3.66. The van der Waals surface area contributed by atoms with Crippen molar-refractivity contribution < 1.29 is 28.3 Å². The Morgan fingerprint density at radius 3 is 2.38 bits per heavy atom. The summed E-state index contributed by atoms with van der Waals surface area (Å²) in [4.78, 5) is 43.2. The maximum Gasteiger partial charge on any atom is 0.259 e. The van der Waals surface area contributed by atoms with Crippen molar-refractivity contribution in [3.8, 4) is 6.07 Å². The number of benzene rings is 4. The summed E-state index contributed by atoms with van der Waals surface area (Å²) in [6.45, 7) is 1.87. The Balaban J connectivity index is 1.09. The molecular formula is C36H31F2N5O4. The van der Waals surface area contributed by atoms with Crippen LogP contribution in [0.5, 0.6) is 0 Å². The van der Waals surface area contributed by atoms with Gasteiger partial charge in [-0.25, -0.2) is 8.78 Å². The van der Waals surface area contributed by atoms with Gasteiger partial charge in [-0.1, -0.05) is 30.3 Å². The number of hydrogen-bond acceptors (Lipinski definition) is 7. The van der Waals surface area contributed by atoms with Gasteiger partial charge in [0, 0.05) is 50.0 Å². The van der Waals surface area contributed by atoms with Crippen molar-refractivity contribution in [3.05, 3.63) is 106 Å². The maximum absolute atomic E-state index is 15.7. The fourth-order valence-electron chi connectivity index (χ4n) is 7.12. The molecule has 4 aromatic rings. The Hall–Kier alpha value is -5.18. The van der Waals surface area contributed by atoms with E-state index in [1.807, 2.05) is 29.2 Å². The first-order chi connectivity index (χ1) is 22.8. The standard InChI is InChI=1S/C36H31F2N5O4/c37-27-18-24(32(20-44)42-14-12-41(13-15-42)29-8-4-21(19-39)16-28(29)38)6-5-23(27)17-22-7-9-30-34-25(22)2-1-3-26(34)36(47)43(30)31-10-11-33(45)40-35(31)46/h1-9,16,18,31-32,44H,10-15,17,20H2,(H,40,45,46)/t31-,32+/m1/s1. The Labute approximate surface area is 269 Å². The molecule has 3 aliphatic heterocycles. The molecule has 3 heterocycles. The lowest BCUT2D eigenvalue weighted by Gasteiger charge is -2.40. The van der Waals surface area contributed by atoms with Crippen LogP contribution in [-0.4, -0.2) is 66.6 Å². The smallest absolute Gasteiger partial charge is 0.259 e. The van der Waals surface area contributed by atoms with Gasteiger partial charge in [0.1, 0.15) is 17.7 Å². The molecule has 0 spiro atoms. The first-order valence-electron chi connectivity index (χ1n) is 15.6. The highest BCUT2D eigenvalue weighted by atomic mass is 19.1. The Morgan fingerprint density at radius 1 is 0.915 bits per heavy atom. The van der Waals surface area contributed by atoms with Gasteiger partial charge >= 0.3 is 0 Å². The number of nitriles is 1. The zero-order valence-corrected chi connectivity index (χ0v) is 25.4. The molecule has 4 aromatic carbocycles. The first kappa shape index (κ1) is 30.5. The highest BCUT2D eigenvalue weighted by molar-refractivity contribution is 6.27. The number of aliphatic hydroxyl groups is 1. The number of anilines is 2. The van der Waals surface area contributed by atoms with Crippen LogP contribution in [0, 0.1) is 23.0 Å². The molecule has 2 atom stereocenters. The zero-order chi connectivity index (χ0) is 32.8. The Kier molecular flexibility index (Phi) is 7.91. The van der Waals surface area contributed by atoms with Gasteiger partial charge in [-0.15, -0.1) is 0 Å². The number of carbonyl (C=O) groups excluding carboxylic acids is 3. The SMILES string of the molecule is N#Cc1ccc(N2CCN([C@@H](CO)c3ccc(Cc4ccc5c6c(cccc46)C(=O)N5[C@@H]4CCC(=O)NC4=O)c(F)c3)CC2)c(F)c1. The van der Waals surface area contributed by atoms with Gasteiger partial charge in [-0.05, 0) is 64.9 Å². The molecule has 238 valence electrons. The molecular weight excluding hydrogens is 604 g/mol. The van der Waals surface area contributed by atoms with Crippen LogP contribution >= 0.6 is 0 Å². The molecule has 11 heteroatoms. The van der Waals surface area contributed by atoms with Crippen molar-refractivity contribution in [3.63, 3.8) is 0 Å². The second kappa shape index (κ2) is 12.2. The monoisotopic (exact) mass is 635 g/mol. The average Bonchev–Trinajstić information content (AvgIpc) is 3.36. The van der Waals surface area contributed by atoms with E-state index in [1.54, 1.807) is 36.4 Å². The van der Waals surface area contributed by atoms with E-state index in [-0.39, 0.29) is 43.2 Å². The largest absolute Gasteiger partial charge is 0.394 e. The van der Waals surface area contributed by atoms with E-state index in [0.29, 0.717) is 59.6 Å². The quantitative estimate of drug-likeness (QED) is 0.293. The molecule has 3 amide bonds. The molecule has 0 radical (unpaired) electrons. The van der Waals surface area contributed by atoms with E-state index >= 15 is 4.39 Å². The molecule has 0 bridgehead atoms. The third-order valence-corrected chi connectivity index (χ3v) is 9.53. The van der Waals surface area contributed by atoms with Crippen molar-refractivity contribution in [2.45, 2.75) is 31.3 Å². The molecule has 0 aliphatic carbocycles. The number of rotatable bonds is 7. The van der Waals surface area contributed by atoms with Crippen molar-refractivity contribution in [1.29, 1.82) is 5.26 Å². The summed E-state index contributed by atoms with van der Waals surface area (Å²) in [6.07, 6.45) is 0.655. The van der Waals surface area contributed by atoms with E-state index in [4.69, 9.17) is 5.26 Å². The Morgan fingerprint density at radius 2 is 1.68 bits per heavy atom. The van der Waals surface area contributed by atoms with Gasteiger partial charge in [0.05, 0.1) is 35.7 Å². The number of piperazine rings is 1. The van der Waals surface area contributed by atoms with Crippen LogP contribution in [0.4, 0.5) is 20.2 Å². The maximum atomic E-state index is 15.7. The van der Waals surface area contributed by atoms with E-state index in [0.717, 1.165) is 10.9 Å². The van der Waals surface area contributed by atoms with Crippen LogP contribution in [0.15, 0.2) is 66.7 Å². The highest BCUT2D eigenvalue weighted by Crippen LogP contribution is 2.41. The van der Waals surface area contributed by atoms with Crippen LogP contribution in [0.3, 0.4) is 0 Å². The topological polar surface area (TPSA) is 117 Å². The molecule has 2 N–H and O–H groups in total. The minimum atomic E-state index is -0.786. The van der Waals surface area contributed by atoms with Gasteiger partial charge in [0.2, 0.25) is 11.8 Å². The van der Waals surface area contributed by atoms with Crippen molar-refractivity contribution in [2.75, 3.05) is 42.6 Å². The van der Waals surface area contributed by atoms with Crippen LogP contribution in [-0.2, 0) is 16.0 Å².